The number of fused-ring (bicyclic) bond motifs is 2. The summed E-state index contributed by atoms with van der Waals surface area (Å²) in [6, 6.07) is 6.14. The van der Waals surface area contributed by atoms with Crippen molar-refractivity contribution in [3.05, 3.63) is 23.8 Å². The Morgan fingerprint density at radius 2 is 2.18 bits per heavy atom. The Balaban J connectivity index is 1.98. The van der Waals surface area contributed by atoms with Crippen LogP contribution in [0.5, 0.6) is 0 Å². The zero-order chi connectivity index (χ0) is 12.0. The van der Waals surface area contributed by atoms with Gasteiger partial charge in [-0.05, 0) is 37.3 Å². The lowest BCUT2D eigenvalue weighted by Crippen LogP contribution is -2.32. The molecule has 1 saturated carbocycles. The summed E-state index contributed by atoms with van der Waals surface area (Å²) in [6.45, 7) is 1.07. The SMILES string of the molecule is NC(=O)c1cccc(N2CC3CCC2C3)c1N. The summed E-state index contributed by atoms with van der Waals surface area (Å²) in [5.74, 6) is 0.352. The number of nitrogens with two attached hydrogens (primary N) is 2. The first kappa shape index (κ1) is 10.4. The van der Waals surface area contributed by atoms with E-state index >= 15 is 0 Å². The Morgan fingerprint density at radius 3 is 2.76 bits per heavy atom. The van der Waals surface area contributed by atoms with Gasteiger partial charge in [-0.3, -0.25) is 4.79 Å². The molecule has 2 atom stereocenters. The average Bonchev–Trinajstić information content (AvgIpc) is 2.90. The Hall–Kier alpha value is -1.71. The second kappa shape index (κ2) is 3.65. The molecular weight excluding hydrogens is 214 g/mol. The van der Waals surface area contributed by atoms with E-state index in [1.165, 1.54) is 19.3 Å². The normalized spacial score (nSPS) is 26.5. The van der Waals surface area contributed by atoms with Crippen molar-refractivity contribution in [2.45, 2.75) is 25.3 Å². The van der Waals surface area contributed by atoms with Crippen molar-refractivity contribution in [1.82, 2.24) is 0 Å². The molecule has 2 aliphatic rings. The van der Waals surface area contributed by atoms with Crippen LogP contribution < -0.4 is 16.4 Å². The predicted octanol–water partition coefficient (Wildman–Crippen LogP) is 1.36. The number of nitrogen functional groups attached to an aromatic ring is 1. The van der Waals surface area contributed by atoms with E-state index in [2.05, 4.69) is 4.90 Å². The van der Waals surface area contributed by atoms with Crippen LogP contribution >= 0.6 is 0 Å². The molecule has 1 heterocycles. The van der Waals surface area contributed by atoms with E-state index < -0.39 is 5.91 Å². The van der Waals surface area contributed by atoms with Crippen molar-refractivity contribution in [2.24, 2.45) is 11.7 Å². The lowest BCUT2D eigenvalue weighted by atomic mass is 10.1. The molecule has 0 spiro atoms. The maximum absolute atomic E-state index is 11.3. The molecule has 2 fully saturated rings. The van der Waals surface area contributed by atoms with Crippen molar-refractivity contribution in [3.63, 3.8) is 0 Å². The maximum atomic E-state index is 11.3. The maximum Gasteiger partial charge on any atom is 0.250 e. The Bertz CT molecular complexity index is 472. The van der Waals surface area contributed by atoms with Gasteiger partial charge in [0.05, 0.1) is 16.9 Å². The topological polar surface area (TPSA) is 72.4 Å². The monoisotopic (exact) mass is 231 g/mol. The van der Waals surface area contributed by atoms with Crippen LogP contribution in [0.1, 0.15) is 29.6 Å². The molecule has 4 nitrogen and oxygen atoms in total. The van der Waals surface area contributed by atoms with Gasteiger partial charge in [-0.15, -0.1) is 0 Å². The molecule has 1 aromatic rings. The van der Waals surface area contributed by atoms with E-state index in [1.807, 2.05) is 12.1 Å². The van der Waals surface area contributed by atoms with Crippen LogP contribution in [0, 0.1) is 5.92 Å². The summed E-state index contributed by atoms with van der Waals surface area (Å²) in [5, 5.41) is 0. The van der Waals surface area contributed by atoms with Gasteiger partial charge in [-0.25, -0.2) is 0 Å². The predicted molar refractivity (Wildman–Crippen MR) is 67.8 cm³/mol. The highest BCUT2D eigenvalue weighted by molar-refractivity contribution is 6.01. The van der Waals surface area contributed by atoms with Crippen molar-refractivity contribution < 1.29 is 4.79 Å². The molecule has 4 heteroatoms. The molecule has 90 valence electrons. The van der Waals surface area contributed by atoms with Crippen molar-refractivity contribution >= 4 is 17.3 Å². The van der Waals surface area contributed by atoms with Gasteiger partial charge >= 0.3 is 0 Å². The Kier molecular flexibility index (Phi) is 2.24. The molecule has 1 saturated heterocycles. The molecule has 4 N–H and O–H groups in total. The minimum atomic E-state index is -0.450. The number of amides is 1. The number of nitrogens with zero attached hydrogens (tertiary/aromatic N) is 1. The molecule has 2 bridgehead atoms. The van der Waals surface area contributed by atoms with Gasteiger partial charge in [-0.1, -0.05) is 6.07 Å². The molecular formula is C13H17N3O. The van der Waals surface area contributed by atoms with Crippen molar-refractivity contribution in [2.75, 3.05) is 17.2 Å². The number of primary amides is 1. The van der Waals surface area contributed by atoms with Gasteiger partial charge in [0, 0.05) is 12.6 Å². The molecule has 0 radical (unpaired) electrons. The van der Waals surface area contributed by atoms with Gasteiger partial charge in [0.1, 0.15) is 0 Å². The molecule has 3 rings (SSSR count). The summed E-state index contributed by atoms with van der Waals surface area (Å²) < 4.78 is 0. The lowest BCUT2D eigenvalue weighted by molar-refractivity contribution is 0.100. The van der Waals surface area contributed by atoms with Crippen LogP contribution in [-0.4, -0.2) is 18.5 Å². The van der Waals surface area contributed by atoms with E-state index in [0.717, 1.165) is 18.2 Å². The first-order valence-electron chi connectivity index (χ1n) is 6.11. The molecule has 1 aliphatic carbocycles. The average molecular weight is 231 g/mol. The molecule has 17 heavy (non-hydrogen) atoms. The number of carbonyl (C=O) groups is 1. The number of carbonyl (C=O) groups excluding carboxylic acids is 1. The highest BCUT2D eigenvalue weighted by Crippen LogP contribution is 2.42. The number of hydrogen-bond acceptors (Lipinski definition) is 3. The summed E-state index contributed by atoms with van der Waals surface area (Å²) in [6.07, 6.45) is 3.84. The third-order valence-corrected chi connectivity index (χ3v) is 4.07. The largest absolute Gasteiger partial charge is 0.396 e. The van der Waals surface area contributed by atoms with Gasteiger partial charge in [0.15, 0.2) is 0 Å². The third kappa shape index (κ3) is 1.55. The summed E-state index contributed by atoms with van der Waals surface area (Å²) >= 11 is 0. The highest BCUT2D eigenvalue weighted by atomic mass is 16.1. The van der Waals surface area contributed by atoms with Crippen LogP contribution in [-0.2, 0) is 0 Å². The number of para-hydroxylation sites is 1. The number of rotatable bonds is 2. The van der Waals surface area contributed by atoms with Gasteiger partial charge in [0.2, 0.25) is 0 Å². The fourth-order valence-corrected chi connectivity index (χ4v) is 3.24. The number of hydrogen-bond donors (Lipinski definition) is 2. The van der Waals surface area contributed by atoms with E-state index in [-0.39, 0.29) is 0 Å². The summed E-state index contributed by atoms with van der Waals surface area (Å²) in [7, 11) is 0. The van der Waals surface area contributed by atoms with Crippen LogP contribution in [0.4, 0.5) is 11.4 Å². The van der Waals surface area contributed by atoms with E-state index in [9.17, 15) is 4.79 Å². The number of anilines is 2. The van der Waals surface area contributed by atoms with Crippen LogP contribution in [0.25, 0.3) is 0 Å². The fourth-order valence-electron chi connectivity index (χ4n) is 3.24. The van der Waals surface area contributed by atoms with Gasteiger partial charge in [0.25, 0.3) is 5.91 Å². The van der Waals surface area contributed by atoms with Crippen molar-refractivity contribution in [3.8, 4) is 0 Å². The molecule has 1 amide bonds. The second-order valence-electron chi connectivity index (χ2n) is 5.09. The first-order chi connectivity index (χ1) is 8.16. The van der Waals surface area contributed by atoms with E-state index in [4.69, 9.17) is 11.5 Å². The number of benzene rings is 1. The third-order valence-electron chi connectivity index (χ3n) is 4.07. The van der Waals surface area contributed by atoms with Crippen LogP contribution in [0.15, 0.2) is 18.2 Å². The zero-order valence-corrected chi connectivity index (χ0v) is 9.73. The van der Waals surface area contributed by atoms with Crippen molar-refractivity contribution in [1.29, 1.82) is 0 Å². The molecule has 1 aliphatic heterocycles. The molecule has 1 aromatic carbocycles. The van der Waals surface area contributed by atoms with Crippen LogP contribution in [0.3, 0.4) is 0 Å². The van der Waals surface area contributed by atoms with Crippen LogP contribution in [0.2, 0.25) is 0 Å². The van der Waals surface area contributed by atoms with E-state index in [1.54, 1.807) is 6.07 Å². The highest BCUT2D eigenvalue weighted by Gasteiger charge is 2.38. The van der Waals surface area contributed by atoms with E-state index in [0.29, 0.717) is 17.3 Å². The minimum Gasteiger partial charge on any atom is -0.396 e. The zero-order valence-electron chi connectivity index (χ0n) is 9.73. The molecule has 0 aromatic heterocycles. The standard InChI is InChI=1S/C13H17N3O/c14-12-10(13(15)17)2-1-3-11(12)16-7-8-4-5-9(16)6-8/h1-3,8-9H,4-7,14H2,(H2,15,17). The van der Waals surface area contributed by atoms with Gasteiger partial charge < -0.3 is 16.4 Å². The summed E-state index contributed by atoms with van der Waals surface area (Å²) in [4.78, 5) is 13.6. The number of piperidine rings is 1. The second-order valence-corrected chi connectivity index (χ2v) is 5.09. The molecule has 2 unspecified atom stereocenters. The minimum absolute atomic E-state index is 0.435. The Labute approximate surface area is 101 Å². The van der Waals surface area contributed by atoms with Gasteiger partial charge in [-0.2, -0.15) is 0 Å². The summed E-state index contributed by atoms with van der Waals surface area (Å²) in [5.41, 5.74) is 13.3. The Morgan fingerprint density at radius 1 is 1.35 bits per heavy atom. The lowest BCUT2D eigenvalue weighted by Gasteiger charge is -2.30. The first-order valence-corrected chi connectivity index (χ1v) is 6.11. The fraction of sp³-hybridized carbons (Fsp3) is 0.462. The smallest absolute Gasteiger partial charge is 0.250 e. The quantitative estimate of drug-likeness (QED) is 0.755.